The first kappa shape index (κ1) is 17.4. The van der Waals surface area contributed by atoms with Gasteiger partial charge in [0.25, 0.3) is 5.91 Å². The molecule has 0 spiro atoms. The van der Waals surface area contributed by atoms with Gasteiger partial charge in [0.1, 0.15) is 0 Å². The summed E-state index contributed by atoms with van der Waals surface area (Å²) in [6.45, 7) is 2.96. The van der Waals surface area contributed by atoms with Gasteiger partial charge in [-0.15, -0.1) is 0 Å². The number of hydrogen-bond donors (Lipinski definition) is 2. The third-order valence-corrected chi connectivity index (χ3v) is 5.52. The Morgan fingerprint density at radius 2 is 2.04 bits per heavy atom. The maximum absolute atomic E-state index is 12.4. The van der Waals surface area contributed by atoms with Crippen LogP contribution in [0.2, 0.25) is 0 Å². The summed E-state index contributed by atoms with van der Waals surface area (Å²) in [6.07, 6.45) is 4.08. The van der Waals surface area contributed by atoms with Crippen molar-refractivity contribution in [1.29, 1.82) is 0 Å². The molecule has 0 unspecified atom stereocenters. The van der Waals surface area contributed by atoms with Crippen LogP contribution in [0, 0.1) is 12.8 Å². The molecule has 0 heterocycles. The van der Waals surface area contributed by atoms with Crippen LogP contribution >= 0.6 is 15.9 Å². The second-order valence-electron chi connectivity index (χ2n) is 7.05. The highest BCUT2D eigenvalue weighted by molar-refractivity contribution is 9.10. The van der Waals surface area contributed by atoms with Gasteiger partial charge in [-0.1, -0.05) is 6.07 Å². The lowest BCUT2D eigenvalue weighted by molar-refractivity contribution is -0.139. The summed E-state index contributed by atoms with van der Waals surface area (Å²) >= 11 is 3.44. The summed E-state index contributed by atoms with van der Waals surface area (Å²) in [5.41, 5.74) is 1.75. The molecule has 1 aromatic rings. The number of carbonyl (C=O) groups is 2. The monoisotopic (exact) mass is 394 g/mol. The van der Waals surface area contributed by atoms with E-state index in [-0.39, 0.29) is 24.5 Å². The Kier molecular flexibility index (Phi) is 5.25. The van der Waals surface area contributed by atoms with Crippen LogP contribution in [0.3, 0.4) is 0 Å². The predicted octanol–water partition coefficient (Wildman–Crippen LogP) is 2.81. The Hall–Kier alpha value is -1.40. The van der Waals surface area contributed by atoms with Crippen molar-refractivity contribution in [3.63, 3.8) is 0 Å². The number of carboxylic acid groups (broad SMARTS) is 1. The number of aryl methyl sites for hydroxylation is 1. The SMILES string of the molecule is Cc1ccc(C(=O)NC2CC(N(CC(=O)O)CC3CC3)C2)c(Br)c1. The van der Waals surface area contributed by atoms with Gasteiger partial charge in [0.15, 0.2) is 0 Å². The lowest BCUT2D eigenvalue weighted by Gasteiger charge is -2.42. The molecule has 3 rings (SSSR count). The van der Waals surface area contributed by atoms with Crippen LogP contribution in [0.4, 0.5) is 0 Å². The molecule has 24 heavy (non-hydrogen) atoms. The largest absolute Gasteiger partial charge is 0.480 e. The lowest BCUT2D eigenvalue weighted by atomic mass is 9.85. The molecular formula is C18H23BrN2O3. The summed E-state index contributed by atoms with van der Waals surface area (Å²) < 4.78 is 0.803. The number of amides is 1. The van der Waals surface area contributed by atoms with Gasteiger partial charge < -0.3 is 10.4 Å². The Morgan fingerprint density at radius 3 is 2.62 bits per heavy atom. The van der Waals surface area contributed by atoms with Crippen molar-refractivity contribution in [3.8, 4) is 0 Å². The number of nitrogens with zero attached hydrogens (tertiary/aromatic N) is 1. The van der Waals surface area contributed by atoms with E-state index in [0.29, 0.717) is 11.5 Å². The zero-order valence-electron chi connectivity index (χ0n) is 13.8. The highest BCUT2D eigenvalue weighted by atomic mass is 79.9. The summed E-state index contributed by atoms with van der Waals surface area (Å²) in [7, 11) is 0. The number of halogens is 1. The van der Waals surface area contributed by atoms with Gasteiger partial charge in [0.05, 0.1) is 12.1 Å². The van der Waals surface area contributed by atoms with Crippen LogP contribution in [0.15, 0.2) is 22.7 Å². The summed E-state index contributed by atoms with van der Waals surface area (Å²) in [5.74, 6) is -0.175. The maximum atomic E-state index is 12.4. The van der Waals surface area contributed by atoms with E-state index in [1.54, 1.807) is 0 Å². The van der Waals surface area contributed by atoms with Gasteiger partial charge in [-0.2, -0.15) is 0 Å². The highest BCUT2D eigenvalue weighted by Crippen LogP contribution is 2.34. The Balaban J connectivity index is 1.51. The minimum absolute atomic E-state index is 0.0719. The standard InChI is InChI=1S/C18H23BrN2O3/c1-11-2-5-15(16(19)6-11)18(24)20-13-7-14(8-13)21(10-17(22)23)9-12-3-4-12/h2,5-6,12-14H,3-4,7-10H2,1H3,(H,20,24)(H,22,23). The van der Waals surface area contributed by atoms with Crippen LogP contribution in [0.1, 0.15) is 41.6 Å². The van der Waals surface area contributed by atoms with Gasteiger partial charge in [0, 0.05) is 23.1 Å². The minimum Gasteiger partial charge on any atom is -0.480 e. The second-order valence-corrected chi connectivity index (χ2v) is 7.90. The van der Waals surface area contributed by atoms with Crippen LogP contribution < -0.4 is 5.32 Å². The van der Waals surface area contributed by atoms with E-state index in [1.807, 2.05) is 25.1 Å². The molecule has 0 bridgehead atoms. The molecule has 1 aromatic carbocycles. The average Bonchev–Trinajstić information content (AvgIpc) is 3.24. The fraction of sp³-hybridized carbons (Fsp3) is 0.556. The van der Waals surface area contributed by atoms with Crippen molar-refractivity contribution in [2.45, 2.75) is 44.7 Å². The van der Waals surface area contributed by atoms with E-state index in [0.717, 1.165) is 29.4 Å². The van der Waals surface area contributed by atoms with Crippen LogP contribution in [0.25, 0.3) is 0 Å². The predicted molar refractivity (Wildman–Crippen MR) is 95.1 cm³/mol. The van der Waals surface area contributed by atoms with Crippen molar-refractivity contribution in [3.05, 3.63) is 33.8 Å². The molecule has 5 nitrogen and oxygen atoms in total. The van der Waals surface area contributed by atoms with Crippen LogP contribution in [-0.4, -0.2) is 47.1 Å². The Morgan fingerprint density at radius 1 is 1.33 bits per heavy atom. The molecule has 0 saturated heterocycles. The fourth-order valence-corrected chi connectivity index (χ4v) is 3.89. The van der Waals surface area contributed by atoms with Crippen LogP contribution in [0.5, 0.6) is 0 Å². The summed E-state index contributed by atoms with van der Waals surface area (Å²) in [5, 5.41) is 12.1. The van der Waals surface area contributed by atoms with Gasteiger partial charge in [-0.3, -0.25) is 14.5 Å². The first-order valence-electron chi connectivity index (χ1n) is 8.45. The molecule has 2 saturated carbocycles. The molecule has 0 radical (unpaired) electrons. The van der Waals surface area contributed by atoms with Gasteiger partial charge >= 0.3 is 5.97 Å². The maximum Gasteiger partial charge on any atom is 0.317 e. The number of nitrogens with one attached hydrogen (secondary N) is 1. The zero-order valence-corrected chi connectivity index (χ0v) is 15.4. The van der Waals surface area contributed by atoms with E-state index < -0.39 is 5.97 Å². The summed E-state index contributed by atoms with van der Waals surface area (Å²) in [4.78, 5) is 25.5. The average molecular weight is 395 g/mol. The molecule has 2 fully saturated rings. The smallest absolute Gasteiger partial charge is 0.317 e. The fourth-order valence-electron chi connectivity index (χ4n) is 3.22. The molecule has 0 atom stereocenters. The molecule has 2 aliphatic rings. The topological polar surface area (TPSA) is 69.6 Å². The van der Waals surface area contributed by atoms with E-state index in [4.69, 9.17) is 5.11 Å². The molecular weight excluding hydrogens is 372 g/mol. The van der Waals surface area contributed by atoms with Crippen molar-refractivity contribution in [2.24, 2.45) is 5.92 Å². The van der Waals surface area contributed by atoms with E-state index in [2.05, 4.69) is 26.1 Å². The number of aliphatic carboxylic acids is 1. The van der Waals surface area contributed by atoms with E-state index in [9.17, 15) is 9.59 Å². The number of benzene rings is 1. The van der Waals surface area contributed by atoms with Crippen molar-refractivity contribution >= 4 is 27.8 Å². The molecule has 1 amide bonds. The lowest BCUT2D eigenvalue weighted by Crippen LogP contribution is -2.55. The first-order chi connectivity index (χ1) is 11.4. The number of hydrogen-bond acceptors (Lipinski definition) is 3. The normalized spacial score (nSPS) is 23.0. The quantitative estimate of drug-likeness (QED) is 0.745. The molecule has 2 aliphatic carbocycles. The number of carboxylic acids is 1. The highest BCUT2D eigenvalue weighted by Gasteiger charge is 2.37. The Bertz CT molecular complexity index is 639. The third-order valence-electron chi connectivity index (χ3n) is 4.86. The van der Waals surface area contributed by atoms with Crippen LogP contribution in [-0.2, 0) is 4.79 Å². The minimum atomic E-state index is -0.772. The second kappa shape index (κ2) is 7.23. The van der Waals surface area contributed by atoms with Crippen molar-refractivity contribution < 1.29 is 14.7 Å². The molecule has 130 valence electrons. The summed E-state index contributed by atoms with van der Waals surface area (Å²) in [6, 6.07) is 6.09. The molecule has 2 N–H and O–H groups in total. The van der Waals surface area contributed by atoms with Gasteiger partial charge in [-0.05, 0) is 72.2 Å². The molecule has 0 aliphatic heterocycles. The first-order valence-corrected chi connectivity index (χ1v) is 9.24. The zero-order chi connectivity index (χ0) is 17.3. The van der Waals surface area contributed by atoms with E-state index >= 15 is 0 Å². The van der Waals surface area contributed by atoms with E-state index in [1.165, 1.54) is 12.8 Å². The number of rotatable bonds is 7. The molecule has 0 aromatic heterocycles. The van der Waals surface area contributed by atoms with Crippen molar-refractivity contribution in [2.75, 3.05) is 13.1 Å². The van der Waals surface area contributed by atoms with Crippen molar-refractivity contribution in [1.82, 2.24) is 10.2 Å². The number of carbonyl (C=O) groups excluding carboxylic acids is 1. The third kappa shape index (κ3) is 4.36. The van der Waals surface area contributed by atoms with Gasteiger partial charge in [0.2, 0.25) is 0 Å². The van der Waals surface area contributed by atoms with Gasteiger partial charge in [-0.25, -0.2) is 0 Å². The Labute approximate surface area is 150 Å². The molecule has 6 heteroatoms.